The third-order valence-corrected chi connectivity index (χ3v) is 7.67. The van der Waals surface area contributed by atoms with E-state index in [0.29, 0.717) is 0 Å². The van der Waals surface area contributed by atoms with Gasteiger partial charge < -0.3 is 0 Å². The molecule has 1 heteroatoms. The second-order valence-electron chi connectivity index (χ2n) is 10.3. The topological polar surface area (TPSA) is 12.9 Å². The van der Waals surface area contributed by atoms with E-state index in [1.54, 1.807) is 0 Å². The number of hydrogen-bond donors (Lipinski definition) is 0. The standard InChI is InChI=1S/C31H47N/c1-3-5-7-8-10-11-26-13-15-27(16-14-26)17-18-28-19-22-30(23-20-28)31-24-21-29(25-32-31)12-9-6-4-2/h19-27H,3-18H2,1-2H3. The molecule has 1 aliphatic rings. The number of aromatic nitrogens is 1. The molecule has 32 heavy (non-hydrogen) atoms. The van der Waals surface area contributed by atoms with Crippen molar-refractivity contribution in [2.75, 3.05) is 0 Å². The van der Waals surface area contributed by atoms with Gasteiger partial charge in [-0.1, -0.05) is 121 Å². The van der Waals surface area contributed by atoms with Gasteiger partial charge >= 0.3 is 0 Å². The Kier molecular flexibility index (Phi) is 11.3. The van der Waals surface area contributed by atoms with Crippen LogP contribution < -0.4 is 0 Å². The van der Waals surface area contributed by atoms with E-state index < -0.39 is 0 Å². The quantitative estimate of drug-likeness (QED) is 0.270. The molecule has 0 radical (unpaired) electrons. The number of rotatable bonds is 14. The van der Waals surface area contributed by atoms with E-state index in [2.05, 4.69) is 56.4 Å². The average molecular weight is 434 g/mol. The molecule has 0 saturated heterocycles. The van der Waals surface area contributed by atoms with Gasteiger partial charge in [0.2, 0.25) is 0 Å². The monoisotopic (exact) mass is 433 g/mol. The lowest BCUT2D eigenvalue weighted by molar-refractivity contribution is 0.248. The summed E-state index contributed by atoms with van der Waals surface area (Å²) in [5.74, 6) is 1.98. The molecule has 1 aromatic carbocycles. The van der Waals surface area contributed by atoms with E-state index >= 15 is 0 Å². The second kappa shape index (κ2) is 14.5. The van der Waals surface area contributed by atoms with Gasteiger partial charge in [0.15, 0.2) is 0 Å². The Hall–Kier alpha value is -1.63. The van der Waals surface area contributed by atoms with E-state index in [4.69, 9.17) is 4.98 Å². The van der Waals surface area contributed by atoms with Crippen molar-refractivity contribution in [1.82, 2.24) is 4.98 Å². The zero-order valence-electron chi connectivity index (χ0n) is 21.0. The fourth-order valence-electron chi connectivity index (χ4n) is 5.38. The van der Waals surface area contributed by atoms with Crippen molar-refractivity contribution in [2.45, 2.75) is 117 Å². The molecular formula is C31H47N. The van der Waals surface area contributed by atoms with Crippen LogP contribution in [0.25, 0.3) is 11.3 Å². The minimum Gasteiger partial charge on any atom is -0.256 e. The van der Waals surface area contributed by atoms with Gasteiger partial charge in [0.05, 0.1) is 5.69 Å². The molecule has 1 heterocycles. The summed E-state index contributed by atoms with van der Waals surface area (Å²) in [5, 5.41) is 0. The van der Waals surface area contributed by atoms with Crippen molar-refractivity contribution in [3.05, 3.63) is 53.7 Å². The van der Waals surface area contributed by atoms with Crippen LogP contribution in [0.4, 0.5) is 0 Å². The Morgan fingerprint density at radius 1 is 0.625 bits per heavy atom. The first-order valence-electron chi connectivity index (χ1n) is 13.8. The normalized spacial score (nSPS) is 18.7. The summed E-state index contributed by atoms with van der Waals surface area (Å²) >= 11 is 0. The summed E-state index contributed by atoms with van der Waals surface area (Å²) in [4.78, 5) is 4.72. The highest BCUT2D eigenvalue weighted by Gasteiger charge is 2.20. The van der Waals surface area contributed by atoms with Crippen molar-refractivity contribution in [2.24, 2.45) is 11.8 Å². The first kappa shape index (κ1) is 25.0. The molecule has 1 saturated carbocycles. The van der Waals surface area contributed by atoms with E-state index in [1.165, 1.54) is 113 Å². The lowest BCUT2D eigenvalue weighted by atomic mass is 9.77. The molecule has 176 valence electrons. The Bertz CT molecular complexity index is 722. The Labute approximate surface area is 198 Å². The summed E-state index contributed by atoms with van der Waals surface area (Å²) in [6.45, 7) is 4.56. The van der Waals surface area contributed by atoms with Crippen molar-refractivity contribution in [3.8, 4) is 11.3 Å². The van der Waals surface area contributed by atoms with Crippen LogP contribution in [-0.2, 0) is 12.8 Å². The lowest BCUT2D eigenvalue weighted by Crippen LogP contribution is -2.15. The molecule has 0 aliphatic heterocycles. The van der Waals surface area contributed by atoms with Gasteiger partial charge in [-0.2, -0.15) is 0 Å². The van der Waals surface area contributed by atoms with Crippen molar-refractivity contribution in [3.63, 3.8) is 0 Å². The maximum Gasteiger partial charge on any atom is 0.0702 e. The largest absolute Gasteiger partial charge is 0.256 e. The fraction of sp³-hybridized carbons (Fsp3) is 0.645. The maximum atomic E-state index is 4.72. The molecule has 0 bridgehead atoms. The number of aryl methyl sites for hydroxylation is 2. The predicted molar refractivity (Wildman–Crippen MR) is 140 cm³/mol. The van der Waals surface area contributed by atoms with Gasteiger partial charge in [0, 0.05) is 11.8 Å². The number of benzene rings is 1. The van der Waals surface area contributed by atoms with E-state index in [-0.39, 0.29) is 0 Å². The average Bonchev–Trinajstić information content (AvgIpc) is 2.84. The van der Waals surface area contributed by atoms with E-state index in [9.17, 15) is 0 Å². The highest BCUT2D eigenvalue weighted by molar-refractivity contribution is 5.59. The van der Waals surface area contributed by atoms with Crippen LogP contribution in [0.3, 0.4) is 0 Å². The maximum absolute atomic E-state index is 4.72. The van der Waals surface area contributed by atoms with Gasteiger partial charge in [-0.05, 0) is 54.7 Å². The molecule has 2 aromatic rings. The van der Waals surface area contributed by atoms with Crippen LogP contribution in [-0.4, -0.2) is 4.98 Å². The molecule has 0 atom stereocenters. The minimum absolute atomic E-state index is 0.952. The lowest BCUT2D eigenvalue weighted by Gasteiger charge is -2.28. The number of nitrogens with zero attached hydrogens (tertiary/aromatic N) is 1. The first-order valence-corrected chi connectivity index (χ1v) is 13.8. The molecule has 3 rings (SSSR count). The Balaban J connectivity index is 1.35. The van der Waals surface area contributed by atoms with Crippen LogP contribution >= 0.6 is 0 Å². The van der Waals surface area contributed by atoms with Crippen LogP contribution in [0.5, 0.6) is 0 Å². The van der Waals surface area contributed by atoms with Gasteiger partial charge in [0.25, 0.3) is 0 Å². The van der Waals surface area contributed by atoms with Crippen LogP contribution in [0.2, 0.25) is 0 Å². The molecule has 1 nitrogen and oxygen atoms in total. The summed E-state index contributed by atoms with van der Waals surface area (Å²) in [6, 6.07) is 13.6. The van der Waals surface area contributed by atoms with Crippen LogP contribution in [0.1, 0.15) is 115 Å². The molecular weight excluding hydrogens is 386 g/mol. The molecule has 1 fully saturated rings. The minimum atomic E-state index is 0.952. The highest BCUT2D eigenvalue weighted by Crippen LogP contribution is 2.34. The van der Waals surface area contributed by atoms with Crippen molar-refractivity contribution < 1.29 is 0 Å². The third-order valence-electron chi connectivity index (χ3n) is 7.67. The van der Waals surface area contributed by atoms with Crippen LogP contribution in [0, 0.1) is 11.8 Å². The molecule has 0 spiro atoms. The predicted octanol–water partition coefficient (Wildman–Crippen LogP) is 9.58. The summed E-state index contributed by atoms with van der Waals surface area (Å²) in [5.41, 5.74) is 5.20. The van der Waals surface area contributed by atoms with Crippen molar-refractivity contribution in [1.29, 1.82) is 0 Å². The third kappa shape index (κ3) is 8.72. The fourth-order valence-corrected chi connectivity index (χ4v) is 5.38. The zero-order chi connectivity index (χ0) is 22.4. The summed E-state index contributed by atoms with van der Waals surface area (Å²) in [7, 11) is 0. The van der Waals surface area contributed by atoms with Gasteiger partial charge in [-0.15, -0.1) is 0 Å². The zero-order valence-corrected chi connectivity index (χ0v) is 21.0. The summed E-state index contributed by atoms with van der Waals surface area (Å²) < 4.78 is 0. The summed E-state index contributed by atoms with van der Waals surface area (Å²) in [6.07, 6.45) is 24.2. The smallest absolute Gasteiger partial charge is 0.0702 e. The molecule has 0 amide bonds. The molecule has 0 unspecified atom stereocenters. The molecule has 1 aromatic heterocycles. The van der Waals surface area contributed by atoms with Gasteiger partial charge in [-0.25, -0.2) is 0 Å². The van der Waals surface area contributed by atoms with Gasteiger partial charge in [-0.3, -0.25) is 4.98 Å². The molecule has 1 aliphatic carbocycles. The van der Waals surface area contributed by atoms with E-state index in [0.717, 1.165) is 24.0 Å². The molecule has 0 N–H and O–H groups in total. The van der Waals surface area contributed by atoms with Crippen LogP contribution in [0.15, 0.2) is 42.6 Å². The first-order chi connectivity index (χ1) is 15.8. The van der Waals surface area contributed by atoms with E-state index in [1.807, 2.05) is 0 Å². The number of unbranched alkanes of at least 4 members (excludes halogenated alkanes) is 6. The number of hydrogen-bond acceptors (Lipinski definition) is 1. The van der Waals surface area contributed by atoms with Gasteiger partial charge in [0.1, 0.15) is 0 Å². The highest BCUT2D eigenvalue weighted by atomic mass is 14.7. The second-order valence-corrected chi connectivity index (χ2v) is 10.3. The number of pyridine rings is 1. The van der Waals surface area contributed by atoms with Crippen molar-refractivity contribution >= 4 is 0 Å². The SMILES string of the molecule is CCCCCCCC1CCC(CCc2ccc(-c3ccc(CCCCC)cn3)cc2)CC1. The Morgan fingerprint density at radius 2 is 1.25 bits per heavy atom. The Morgan fingerprint density at radius 3 is 1.91 bits per heavy atom.